The first kappa shape index (κ1) is 19.3. The van der Waals surface area contributed by atoms with E-state index in [0.717, 1.165) is 42.5 Å². The Labute approximate surface area is 165 Å². The Balaban J connectivity index is 1.54. The number of thiocarbonyl (C=S) groups is 1. The van der Waals surface area contributed by atoms with E-state index in [4.69, 9.17) is 17.0 Å². The number of ether oxygens (including phenoxy) is 1. The first-order chi connectivity index (χ1) is 13.1. The molecule has 2 heterocycles. The number of nitriles is 1. The van der Waals surface area contributed by atoms with E-state index >= 15 is 0 Å². The lowest BCUT2D eigenvalue weighted by molar-refractivity contribution is 0.114. The van der Waals surface area contributed by atoms with Crippen LogP contribution in [-0.4, -0.2) is 42.4 Å². The molecule has 0 spiro atoms. The van der Waals surface area contributed by atoms with Crippen LogP contribution >= 0.6 is 12.2 Å². The van der Waals surface area contributed by atoms with Crippen LogP contribution in [-0.2, 0) is 4.74 Å². The number of rotatable bonds is 6. The number of aromatic nitrogens is 1. The average Bonchev–Trinajstić information content (AvgIpc) is 3.20. The van der Waals surface area contributed by atoms with Gasteiger partial charge in [-0.1, -0.05) is 12.1 Å². The summed E-state index contributed by atoms with van der Waals surface area (Å²) >= 11 is 5.29. The number of nitrogens with one attached hydrogen (secondary N) is 3. The van der Waals surface area contributed by atoms with Gasteiger partial charge in [-0.25, -0.2) is 4.98 Å². The third-order valence-electron chi connectivity index (χ3n) is 4.85. The van der Waals surface area contributed by atoms with Gasteiger partial charge in [0.05, 0.1) is 17.2 Å². The van der Waals surface area contributed by atoms with E-state index in [1.165, 1.54) is 5.56 Å². The second kappa shape index (κ2) is 8.98. The number of hydrogen-bond acceptors (Lipinski definition) is 5. The molecular formula is C20H25N5OS. The summed E-state index contributed by atoms with van der Waals surface area (Å²) in [6.45, 7) is 6.95. The highest BCUT2D eigenvalue weighted by Gasteiger charge is 2.15. The van der Waals surface area contributed by atoms with Crippen molar-refractivity contribution < 1.29 is 4.74 Å². The SMILES string of the molecule is Cc1ccc2cc(C#N)c(NCCNC(=S)NC[C@H]3CCCO3)nc2c1C. The molecule has 1 fully saturated rings. The van der Waals surface area contributed by atoms with Crippen molar-refractivity contribution in [2.24, 2.45) is 0 Å². The maximum absolute atomic E-state index is 9.43. The zero-order chi connectivity index (χ0) is 19.2. The van der Waals surface area contributed by atoms with Gasteiger partial charge in [-0.15, -0.1) is 0 Å². The molecule has 0 bridgehead atoms. The molecule has 7 heteroatoms. The third-order valence-corrected chi connectivity index (χ3v) is 5.14. The Hall–Kier alpha value is -2.43. The van der Waals surface area contributed by atoms with Crippen LogP contribution in [0.3, 0.4) is 0 Å². The van der Waals surface area contributed by atoms with Crippen LogP contribution in [0.4, 0.5) is 5.82 Å². The molecule has 1 atom stereocenters. The zero-order valence-electron chi connectivity index (χ0n) is 15.8. The first-order valence-corrected chi connectivity index (χ1v) is 9.67. The second-order valence-corrected chi connectivity index (χ2v) is 7.18. The van der Waals surface area contributed by atoms with E-state index in [9.17, 15) is 5.26 Å². The van der Waals surface area contributed by atoms with Crippen molar-refractivity contribution in [3.63, 3.8) is 0 Å². The molecular weight excluding hydrogens is 358 g/mol. The zero-order valence-corrected chi connectivity index (χ0v) is 16.6. The number of hydrogen-bond donors (Lipinski definition) is 3. The Kier molecular flexibility index (Phi) is 6.43. The predicted molar refractivity (Wildman–Crippen MR) is 112 cm³/mol. The summed E-state index contributed by atoms with van der Waals surface area (Å²) < 4.78 is 5.56. The Bertz CT molecular complexity index is 871. The number of pyridine rings is 1. The van der Waals surface area contributed by atoms with Crippen molar-refractivity contribution in [2.75, 3.05) is 31.6 Å². The fourth-order valence-electron chi connectivity index (χ4n) is 3.13. The lowest BCUT2D eigenvalue weighted by Gasteiger charge is -2.15. The third kappa shape index (κ3) is 4.85. The normalized spacial score (nSPS) is 16.1. The summed E-state index contributed by atoms with van der Waals surface area (Å²) in [5.74, 6) is 0.610. The molecule has 6 nitrogen and oxygen atoms in total. The molecule has 1 saturated heterocycles. The minimum absolute atomic E-state index is 0.259. The summed E-state index contributed by atoms with van der Waals surface area (Å²) in [5, 5.41) is 20.6. The molecule has 0 saturated carbocycles. The van der Waals surface area contributed by atoms with Crippen molar-refractivity contribution in [1.82, 2.24) is 15.6 Å². The van der Waals surface area contributed by atoms with Crippen LogP contribution in [0.1, 0.15) is 29.5 Å². The first-order valence-electron chi connectivity index (χ1n) is 9.26. The van der Waals surface area contributed by atoms with Crippen molar-refractivity contribution in [1.29, 1.82) is 5.26 Å². The topological polar surface area (TPSA) is 82.0 Å². The minimum atomic E-state index is 0.259. The molecule has 1 aromatic heterocycles. The van der Waals surface area contributed by atoms with Crippen molar-refractivity contribution in [3.8, 4) is 6.07 Å². The molecule has 27 heavy (non-hydrogen) atoms. The molecule has 0 aliphatic carbocycles. The molecule has 2 aromatic rings. The highest BCUT2D eigenvalue weighted by Crippen LogP contribution is 2.24. The number of nitrogens with zero attached hydrogens (tertiary/aromatic N) is 2. The van der Waals surface area contributed by atoms with Gasteiger partial charge in [-0.05, 0) is 56.1 Å². The quantitative estimate of drug-likeness (QED) is 0.523. The van der Waals surface area contributed by atoms with E-state index in [2.05, 4.69) is 46.9 Å². The fourth-order valence-corrected chi connectivity index (χ4v) is 3.32. The van der Waals surface area contributed by atoms with Gasteiger partial charge in [0.15, 0.2) is 5.11 Å². The minimum Gasteiger partial charge on any atom is -0.376 e. The monoisotopic (exact) mass is 383 g/mol. The molecule has 1 aliphatic rings. The average molecular weight is 384 g/mol. The van der Waals surface area contributed by atoms with Gasteiger partial charge in [0.25, 0.3) is 0 Å². The largest absolute Gasteiger partial charge is 0.376 e. The summed E-state index contributed by atoms with van der Waals surface area (Å²) in [5.41, 5.74) is 3.80. The van der Waals surface area contributed by atoms with Crippen LogP contribution < -0.4 is 16.0 Å². The highest BCUT2D eigenvalue weighted by atomic mass is 32.1. The summed E-state index contributed by atoms with van der Waals surface area (Å²) in [4.78, 5) is 4.69. The van der Waals surface area contributed by atoms with Crippen LogP contribution in [0.25, 0.3) is 10.9 Å². The molecule has 3 N–H and O–H groups in total. The van der Waals surface area contributed by atoms with Gasteiger partial charge >= 0.3 is 0 Å². The fraction of sp³-hybridized carbons (Fsp3) is 0.450. The van der Waals surface area contributed by atoms with E-state index < -0.39 is 0 Å². The van der Waals surface area contributed by atoms with Gasteiger partial charge in [-0.3, -0.25) is 0 Å². The van der Waals surface area contributed by atoms with Gasteiger partial charge in [0.2, 0.25) is 0 Å². The van der Waals surface area contributed by atoms with E-state index in [-0.39, 0.29) is 6.10 Å². The van der Waals surface area contributed by atoms with Crippen LogP contribution in [0, 0.1) is 25.2 Å². The van der Waals surface area contributed by atoms with Crippen LogP contribution in [0.5, 0.6) is 0 Å². The van der Waals surface area contributed by atoms with E-state index in [1.54, 1.807) is 0 Å². The summed E-state index contributed by atoms with van der Waals surface area (Å²) in [7, 11) is 0. The smallest absolute Gasteiger partial charge is 0.166 e. The maximum atomic E-state index is 9.43. The van der Waals surface area contributed by atoms with E-state index in [0.29, 0.717) is 29.6 Å². The number of benzene rings is 1. The molecule has 1 aromatic carbocycles. The van der Waals surface area contributed by atoms with Crippen LogP contribution in [0.15, 0.2) is 18.2 Å². The number of anilines is 1. The van der Waals surface area contributed by atoms with Gasteiger partial charge in [0.1, 0.15) is 11.9 Å². The van der Waals surface area contributed by atoms with Gasteiger partial charge < -0.3 is 20.7 Å². The highest BCUT2D eigenvalue weighted by molar-refractivity contribution is 7.80. The van der Waals surface area contributed by atoms with Crippen molar-refractivity contribution in [2.45, 2.75) is 32.8 Å². The second-order valence-electron chi connectivity index (χ2n) is 6.77. The Morgan fingerprint density at radius 2 is 2.19 bits per heavy atom. The molecule has 0 amide bonds. The van der Waals surface area contributed by atoms with Crippen molar-refractivity contribution >= 4 is 34.1 Å². The molecule has 142 valence electrons. The standard InChI is InChI=1S/C20H25N5OS/c1-13-5-6-15-10-16(11-21)19(25-18(15)14(13)2)22-7-8-23-20(27)24-12-17-4-3-9-26-17/h5-6,10,17H,3-4,7-9,12H2,1-2H3,(H,22,25)(H2,23,24,27)/t17-/m1/s1. The maximum Gasteiger partial charge on any atom is 0.166 e. The molecule has 0 radical (unpaired) electrons. The van der Waals surface area contributed by atoms with Gasteiger partial charge in [-0.2, -0.15) is 5.26 Å². The summed E-state index contributed by atoms with van der Waals surface area (Å²) in [6.07, 6.45) is 2.46. The Morgan fingerprint density at radius 1 is 1.33 bits per heavy atom. The van der Waals surface area contributed by atoms with E-state index in [1.807, 2.05) is 12.1 Å². The number of aryl methyl sites for hydroxylation is 2. The Morgan fingerprint density at radius 3 is 2.93 bits per heavy atom. The van der Waals surface area contributed by atoms with Crippen LogP contribution in [0.2, 0.25) is 0 Å². The predicted octanol–water partition coefficient (Wildman–Crippen LogP) is 2.78. The lowest BCUT2D eigenvalue weighted by Crippen LogP contribution is -2.41. The van der Waals surface area contributed by atoms with Gasteiger partial charge in [0, 0.05) is 31.6 Å². The molecule has 0 unspecified atom stereocenters. The molecule has 1 aliphatic heterocycles. The van der Waals surface area contributed by atoms with Crippen molar-refractivity contribution in [3.05, 3.63) is 34.9 Å². The lowest BCUT2D eigenvalue weighted by atomic mass is 10.0. The summed E-state index contributed by atoms with van der Waals surface area (Å²) in [6, 6.07) is 8.18. The molecule has 3 rings (SSSR count). The number of fused-ring (bicyclic) bond motifs is 1.